The fourth-order valence-corrected chi connectivity index (χ4v) is 6.40. The molecule has 1 aromatic heterocycles. The van der Waals surface area contributed by atoms with Gasteiger partial charge in [-0.25, -0.2) is 15.0 Å². The summed E-state index contributed by atoms with van der Waals surface area (Å²) in [6.45, 7) is 0. The Bertz CT molecular complexity index is 2430. The summed E-state index contributed by atoms with van der Waals surface area (Å²) >= 11 is 0. The van der Waals surface area contributed by atoms with Gasteiger partial charge in [-0.1, -0.05) is 84.9 Å². The van der Waals surface area contributed by atoms with Crippen molar-refractivity contribution in [1.82, 2.24) is 4.98 Å². The van der Waals surface area contributed by atoms with Gasteiger partial charge in [0.25, 0.3) is 0 Å². The first-order valence-corrected chi connectivity index (χ1v) is 13.5. The molecule has 3 heteroatoms. The van der Waals surface area contributed by atoms with Crippen LogP contribution >= 0.6 is 0 Å². The Labute approximate surface area is 229 Å². The molecule has 0 N–H and O–H groups in total. The van der Waals surface area contributed by atoms with E-state index < -0.39 is 0 Å². The highest BCUT2D eigenvalue weighted by Crippen LogP contribution is 2.50. The second-order valence-electron chi connectivity index (χ2n) is 10.4. The molecule has 0 amide bonds. The van der Waals surface area contributed by atoms with E-state index in [4.69, 9.17) is 15.0 Å². The second-order valence-corrected chi connectivity index (χ2v) is 10.4. The summed E-state index contributed by atoms with van der Waals surface area (Å²) in [7, 11) is 0. The molecule has 0 bridgehead atoms. The number of hydrogen-bond donors (Lipinski definition) is 0. The lowest BCUT2D eigenvalue weighted by atomic mass is 9.85. The van der Waals surface area contributed by atoms with E-state index in [1.54, 1.807) is 0 Å². The molecule has 0 unspecified atom stereocenters. The van der Waals surface area contributed by atoms with Crippen LogP contribution in [0.1, 0.15) is 0 Å². The van der Waals surface area contributed by atoms with E-state index in [0.717, 1.165) is 60.6 Å². The maximum Gasteiger partial charge on any atom is 0.0817 e. The van der Waals surface area contributed by atoms with Crippen molar-refractivity contribution in [2.24, 2.45) is 9.98 Å². The van der Waals surface area contributed by atoms with E-state index in [2.05, 4.69) is 121 Å². The van der Waals surface area contributed by atoms with Crippen LogP contribution in [0.3, 0.4) is 0 Å². The van der Waals surface area contributed by atoms with E-state index in [0.29, 0.717) is 0 Å². The molecule has 0 radical (unpaired) electrons. The third-order valence-electron chi connectivity index (χ3n) is 8.17. The molecule has 0 aliphatic carbocycles. The van der Waals surface area contributed by atoms with Gasteiger partial charge in [0.1, 0.15) is 0 Å². The Hall–Kier alpha value is -5.41. The number of fused-ring (bicyclic) bond motifs is 8. The van der Waals surface area contributed by atoms with Gasteiger partial charge in [-0.05, 0) is 59.2 Å². The number of benzene rings is 6. The zero-order valence-electron chi connectivity index (χ0n) is 21.5. The Kier molecular flexibility index (Phi) is 4.33. The first-order valence-electron chi connectivity index (χ1n) is 13.5. The Morgan fingerprint density at radius 1 is 0.450 bits per heavy atom. The van der Waals surface area contributed by atoms with Gasteiger partial charge in [0, 0.05) is 37.9 Å². The number of nitrogens with zero attached hydrogens (tertiary/aromatic N) is 3. The summed E-state index contributed by atoms with van der Waals surface area (Å²) in [4.78, 5) is 15.3. The van der Waals surface area contributed by atoms with Crippen LogP contribution in [0.2, 0.25) is 0 Å². The molecule has 184 valence electrons. The first-order chi connectivity index (χ1) is 19.8. The highest BCUT2D eigenvalue weighted by atomic mass is 14.8. The number of hydrogen-bond acceptors (Lipinski definition) is 3. The molecule has 2 aliphatic rings. The lowest BCUT2D eigenvalue weighted by molar-refractivity contribution is 1.36. The fraction of sp³-hybridized carbons (Fsp3) is 0. The lowest BCUT2D eigenvalue weighted by Crippen LogP contribution is -2.01. The molecule has 0 spiro atoms. The summed E-state index contributed by atoms with van der Waals surface area (Å²) in [6, 6.07) is 44.8. The SMILES string of the molecule is c1ccc(-c2ccc3c(c2-c2cccc4nc5ccccc5cc24)-c2c4c(ccc2=N3)=c2ccccc2=N4)cc1. The zero-order valence-corrected chi connectivity index (χ0v) is 21.5. The highest BCUT2D eigenvalue weighted by molar-refractivity contribution is 6.10. The molecule has 3 heterocycles. The summed E-state index contributed by atoms with van der Waals surface area (Å²) in [5, 5.41) is 6.59. The van der Waals surface area contributed by atoms with Crippen molar-refractivity contribution in [2.75, 3.05) is 0 Å². The predicted molar refractivity (Wildman–Crippen MR) is 161 cm³/mol. The van der Waals surface area contributed by atoms with E-state index in [1.807, 2.05) is 6.07 Å². The minimum absolute atomic E-state index is 0.973. The molecule has 40 heavy (non-hydrogen) atoms. The smallest absolute Gasteiger partial charge is 0.0817 e. The van der Waals surface area contributed by atoms with Gasteiger partial charge in [0.05, 0.1) is 33.1 Å². The fourth-order valence-electron chi connectivity index (χ4n) is 6.40. The molecule has 9 rings (SSSR count). The minimum Gasteiger partial charge on any atom is -0.248 e. The van der Waals surface area contributed by atoms with Crippen LogP contribution in [-0.4, -0.2) is 4.98 Å². The average Bonchev–Trinajstić information content (AvgIpc) is 3.58. The van der Waals surface area contributed by atoms with Crippen LogP contribution in [0.25, 0.3) is 55.2 Å². The Balaban J connectivity index is 1.45. The van der Waals surface area contributed by atoms with Gasteiger partial charge in [0.2, 0.25) is 0 Å². The Morgan fingerprint density at radius 2 is 1.27 bits per heavy atom. The summed E-state index contributed by atoms with van der Waals surface area (Å²) in [5.41, 5.74) is 10.9. The third kappa shape index (κ3) is 2.97. The van der Waals surface area contributed by atoms with Gasteiger partial charge in [0.15, 0.2) is 0 Å². The van der Waals surface area contributed by atoms with Crippen LogP contribution in [0.15, 0.2) is 137 Å². The van der Waals surface area contributed by atoms with E-state index in [-0.39, 0.29) is 0 Å². The molecule has 0 saturated heterocycles. The number of aromatic nitrogens is 1. The maximum atomic E-state index is 5.15. The van der Waals surface area contributed by atoms with Gasteiger partial charge >= 0.3 is 0 Å². The molecule has 7 aromatic rings. The monoisotopic (exact) mass is 507 g/mol. The second kappa shape index (κ2) is 8.05. The number of pyridine rings is 1. The van der Waals surface area contributed by atoms with E-state index in [1.165, 1.54) is 27.1 Å². The number of para-hydroxylation sites is 2. The summed E-state index contributed by atoms with van der Waals surface area (Å²) < 4.78 is 0. The molecule has 6 aromatic carbocycles. The van der Waals surface area contributed by atoms with Crippen molar-refractivity contribution in [3.05, 3.63) is 149 Å². The van der Waals surface area contributed by atoms with Crippen LogP contribution in [0, 0.1) is 10.4 Å². The van der Waals surface area contributed by atoms with Gasteiger partial charge in [-0.15, -0.1) is 0 Å². The topological polar surface area (TPSA) is 37.6 Å². The quantitative estimate of drug-likeness (QED) is 0.217. The Morgan fingerprint density at radius 3 is 2.23 bits per heavy atom. The van der Waals surface area contributed by atoms with Crippen molar-refractivity contribution in [2.45, 2.75) is 0 Å². The van der Waals surface area contributed by atoms with Crippen LogP contribution in [-0.2, 0) is 0 Å². The van der Waals surface area contributed by atoms with E-state index in [9.17, 15) is 0 Å². The molecule has 0 saturated carbocycles. The summed E-state index contributed by atoms with van der Waals surface area (Å²) in [5.74, 6) is 0. The van der Waals surface area contributed by atoms with Gasteiger partial charge in [-0.2, -0.15) is 0 Å². The molecular weight excluding hydrogens is 486 g/mol. The van der Waals surface area contributed by atoms with Crippen molar-refractivity contribution in [1.29, 1.82) is 0 Å². The average molecular weight is 508 g/mol. The van der Waals surface area contributed by atoms with Crippen molar-refractivity contribution in [3.63, 3.8) is 0 Å². The van der Waals surface area contributed by atoms with Gasteiger partial charge in [-0.3, -0.25) is 0 Å². The first kappa shape index (κ1) is 21.5. The third-order valence-corrected chi connectivity index (χ3v) is 8.17. The molecule has 0 fully saturated rings. The zero-order chi connectivity index (χ0) is 26.2. The molecule has 2 aliphatic heterocycles. The largest absolute Gasteiger partial charge is 0.248 e. The summed E-state index contributed by atoms with van der Waals surface area (Å²) in [6.07, 6.45) is 0. The molecule has 3 nitrogen and oxygen atoms in total. The van der Waals surface area contributed by atoms with Crippen LogP contribution < -0.4 is 10.7 Å². The molecular formula is C37H21N3. The van der Waals surface area contributed by atoms with Crippen LogP contribution in [0.4, 0.5) is 11.4 Å². The van der Waals surface area contributed by atoms with Crippen molar-refractivity contribution < 1.29 is 0 Å². The lowest BCUT2D eigenvalue weighted by Gasteiger charge is -2.18. The van der Waals surface area contributed by atoms with Crippen molar-refractivity contribution >= 4 is 33.2 Å². The standard InChI is InChI=1S/C37H21N3/c1-2-9-22(10-3-1)24-17-19-32-35(36-33(39-32)20-18-27-25-12-5-7-15-30(25)40-37(27)36)34(24)26-13-8-16-31-28(26)21-23-11-4-6-14-29(23)38-31/h1-21H. The maximum absolute atomic E-state index is 5.15. The molecule has 0 atom stereocenters. The van der Waals surface area contributed by atoms with E-state index >= 15 is 0 Å². The number of rotatable bonds is 2. The predicted octanol–water partition coefficient (Wildman–Crippen LogP) is 8.21. The minimum atomic E-state index is 0.973. The van der Waals surface area contributed by atoms with Gasteiger partial charge < -0.3 is 0 Å². The highest BCUT2D eigenvalue weighted by Gasteiger charge is 2.27. The van der Waals surface area contributed by atoms with Crippen molar-refractivity contribution in [3.8, 4) is 33.4 Å². The normalized spacial score (nSPS) is 12.4. The van der Waals surface area contributed by atoms with Crippen LogP contribution in [0.5, 0.6) is 0 Å².